The van der Waals surface area contributed by atoms with E-state index < -0.39 is 0 Å². The molecule has 0 saturated heterocycles. The molecule has 2 heterocycles. The summed E-state index contributed by atoms with van der Waals surface area (Å²) in [7, 11) is 0. The number of anilines is 1. The van der Waals surface area contributed by atoms with Gasteiger partial charge in [0.2, 0.25) is 0 Å². The first-order valence-electron chi connectivity index (χ1n) is 14.1. The third kappa shape index (κ3) is 8.59. The molecule has 0 saturated carbocycles. The molecule has 0 fully saturated rings. The van der Waals surface area contributed by atoms with Gasteiger partial charge in [-0.15, -0.1) is 5.56 Å². The van der Waals surface area contributed by atoms with Crippen molar-refractivity contribution in [2.45, 2.75) is 80.1 Å². The normalized spacial score (nSPS) is 10.6. The summed E-state index contributed by atoms with van der Waals surface area (Å²) in [4.78, 5) is 21.2. The number of carbonyl (C=O) groups excluding carboxylic acids is 1. The number of nitrogens with zero attached hydrogens (tertiary/aromatic N) is 2. The summed E-state index contributed by atoms with van der Waals surface area (Å²) < 4.78 is 0. The minimum Gasteiger partial charge on any atom is -0.482 e. The Labute approximate surface area is 260 Å². The predicted molar refractivity (Wildman–Crippen MR) is 168 cm³/mol. The molecule has 0 atom stereocenters. The van der Waals surface area contributed by atoms with E-state index in [1.807, 2.05) is 62.6 Å². The van der Waals surface area contributed by atoms with E-state index in [4.69, 9.17) is 5.73 Å². The fourth-order valence-corrected chi connectivity index (χ4v) is 4.85. The summed E-state index contributed by atoms with van der Waals surface area (Å²) in [5.41, 5.74) is 17.9. The van der Waals surface area contributed by atoms with E-state index >= 15 is 0 Å². The second kappa shape index (κ2) is 15.6. The van der Waals surface area contributed by atoms with Gasteiger partial charge in [0.15, 0.2) is 0 Å². The van der Waals surface area contributed by atoms with Gasteiger partial charge in [-0.05, 0) is 71.6 Å². The summed E-state index contributed by atoms with van der Waals surface area (Å²) in [5.74, 6) is 1.04. The molecule has 0 unspecified atom stereocenters. The van der Waals surface area contributed by atoms with Gasteiger partial charge in [0, 0.05) is 11.9 Å². The van der Waals surface area contributed by atoms with Crippen LogP contribution in [0.15, 0.2) is 60.9 Å². The smallest absolute Gasteiger partial charge is 0.482 e. The third-order valence-corrected chi connectivity index (χ3v) is 7.22. The molecular weight excluding hydrogens is 676 g/mol. The summed E-state index contributed by atoms with van der Waals surface area (Å²) >= 11 is 0. The first-order chi connectivity index (χ1) is 19.1. The van der Waals surface area contributed by atoms with Crippen LogP contribution in [0.3, 0.4) is 0 Å². The van der Waals surface area contributed by atoms with E-state index in [-0.39, 0.29) is 27.0 Å². The van der Waals surface area contributed by atoms with Gasteiger partial charge in [-0.3, -0.25) is 9.78 Å². The van der Waals surface area contributed by atoms with Crippen LogP contribution in [-0.2, 0) is 33.9 Å². The van der Waals surface area contributed by atoms with Crippen molar-refractivity contribution in [2.75, 3.05) is 5.32 Å². The van der Waals surface area contributed by atoms with Gasteiger partial charge in [-0.25, -0.2) is 0 Å². The maximum absolute atomic E-state index is 12.9. The summed E-state index contributed by atoms with van der Waals surface area (Å²) in [6.07, 6.45) is 5.56. The number of aromatic nitrogens is 2. The maximum Gasteiger partial charge on any atom is 2.00 e. The van der Waals surface area contributed by atoms with E-state index in [2.05, 4.69) is 75.0 Å². The van der Waals surface area contributed by atoms with Crippen LogP contribution in [0.5, 0.6) is 0 Å². The van der Waals surface area contributed by atoms with Crippen LogP contribution < -0.4 is 5.32 Å². The molecule has 2 aromatic carbocycles. The summed E-state index contributed by atoms with van der Waals surface area (Å²) in [5, 5.41) is 3.05. The van der Waals surface area contributed by atoms with Gasteiger partial charge in [0.1, 0.15) is 5.69 Å². The van der Waals surface area contributed by atoms with Crippen molar-refractivity contribution in [3.8, 4) is 11.1 Å². The number of rotatable bonds is 7. The summed E-state index contributed by atoms with van der Waals surface area (Å²) in [6.45, 7) is 16.9. The second-order valence-corrected chi connectivity index (χ2v) is 10.7. The van der Waals surface area contributed by atoms with E-state index in [1.54, 1.807) is 0 Å². The number of hydrogen-bond donors (Lipinski definition) is 1. The molecule has 2 N–H and O–H groups in total. The monoisotopic (exact) mass is 718 g/mol. The molecular formula is C35H42N4OW. The minimum absolute atomic E-state index is 0. The molecule has 4 rings (SSSR count). The summed E-state index contributed by atoms with van der Waals surface area (Å²) in [6, 6.07) is 19.0. The van der Waals surface area contributed by atoms with Crippen LogP contribution in [0.1, 0.15) is 97.2 Å². The van der Waals surface area contributed by atoms with Gasteiger partial charge in [0.05, 0.1) is 0 Å². The Morgan fingerprint density at radius 1 is 0.878 bits per heavy atom. The molecule has 0 aliphatic heterocycles. The second-order valence-electron chi connectivity index (χ2n) is 10.7. The van der Waals surface area contributed by atoms with E-state index in [1.165, 1.54) is 22.3 Å². The molecule has 0 radical (unpaired) electrons. The van der Waals surface area contributed by atoms with Gasteiger partial charge in [0.25, 0.3) is 5.91 Å². The molecule has 0 bridgehead atoms. The zero-order valence-electron chi connectivity index (χ0n) is 25.6. The molecule has 5 nitrogen and oxygen atoms in total. The van der Waals surface area contributed by atoms with Gasteiger partial charge in [-0.1, -0.05) is 84.2 Å². The first-order valence-corrected chi connectivity index (χ1v) is 14.1. The average molecular weight is 719 g/mol. The quantitative estimate of drug-likeness (QED) is 0.194. The van der Waals surface area contributed by atoms with Crippen LogP contribution in [0.25, 0.3) is 16.9 Å². The fraction of sp³-hybridized carbons (Fsp3) is 0.343. The third-order valence-electron chi connectivity index (χ3n) is 7.22. The Hall–Kier alpha value is -3.30. The Morgan fingerprint density at radius 3 is 2.05 bits per heavy atom. The number of aryl methyl sites for hydroxylation is 3. The molecule has 1 amide bonds. The van der Waals surface area contributed by atoms with Crippen molar-refractivity contribution in [3.63, 3.8) is 0 Å². The zero-order chi connectivity index (χ0) is 29.4. The molecule has 4 aromatic rings. The molecule has 2 aromatic heterocycles. The molecule has 0 spiro atoms. The van der Waals surface area contributed by atoms with Crippen molar-refractivity contribution < 1.29 is 25.9 Å². The number of hydrogen-bond acceptors (Lipinski definition) is 3. The molecule has 0 aliphatic carbocycles. The number of pyridine rings is 2. The maximum atomic E-state index is 12.9. The molecule has 41 heavy (non-hydrogen) atoms. The van der Waals surface area contributed by atoms with Crippen LogP contribution in [0.2, 0.25) is 0 Å². The fourth-order valence-electron chi connectivity index (χ4n) is 4.85. The zero-order valence-corrected chi connectivity index (χ0v) is 28.5. The first kappa shape index (κ1) is 33.9. The van der Waals surface area contributed by atoms with Crippen molar-refractivity contribution in [2.24, 2.45) is 0 Å². The number of nitrogens with one attached hydrogen (secondary N) is 2. The average Bonchev–Trinajstić information content (AvgIpc) is 2.94. The topological polar surface area (TPSA) is 78.7 Å². The van der Waals surface area contributed by atoms with E-state index in [0.29, 0.717) is 23.3 Å². The van der Waals surface area contributed by atoms with Crippen molar-refractivity contribution in [3.05, 3.63) is 112 Å². The Kier molecular flexibility index (Phi) is 12.9. The van der Waals surface area contributed by atoms with Crippen LogP contribution in [0, 0.1) is 19.9 Å². The molecule has 6 heteroatoms. The molecule has 0 aliphatic rings. The van der Waals surface area contributed by atoms with E-state index in [0.717, 1.165) is 40.8 Å². The largest absolute Gasteiger partial charge is 2.00 e. The Balaban J connectivity index is 0.000000381. The van der Waals surface area contributed by atoms with Crippen molar-refractivity contribution in [1.82, 2.24) is 9.97 Å². The van der Waals surface area contributed by atoms with E-state index in [9.17, 15) is 4.79 Å². The van der Waals surface area contributed by atoms with Gasteiger partial charge < -0.3 is 16.0 Å². The SMILES string of the molecule is CCc1cnc(C(=O)Nc2cccc(-c3ccc[c-]c3C)c2C)cc1C(C)C.CCc1cnc([NH-])cc1C(C)C.[W+2]. The number of amides is 1. The number of carbonyl (C=O) groups is 1. The van der Waals surface area contributed by atoms with Gasteiger partial charge in [-0.2, -0.15) is 29.8 Å². The van der Waals surface area contributed by atoms with Crippen LogP contribution >= 0.6 is 0 Å². The van der Waals surface area contributed by atoms with Crippen LogP contribution in [0.4, 0.5) is 11.5 Å². The standard InChI is InChI=1S/C25H27N2O.C10H15N2.W/c1-6-19-15-26-24(14-22(19)16(2)3)25(28)27-23-13-9-12-21(18(23)5)20-11-8-7-10-17(20)4;1-4-8-6-12-10(11)5-9(8)7(2)3;/h7-9,11-16H,6H2,1-5H3,(H,27,28);5-7H,4H2,1-3H3,(H-,11,12);/q2*-1;+2. The Morgan fingerprint density at radius 2 is 1.46 bits per heavy atom. The molecule has 214 valence electrons. The van der Waals surface area contributed by atoms with Gasteiger partial charge >= 0.3 is 21.1 Å². The van der Waals surface area contributed by atoms with Crippen LogP contribution in [-0.4, -0.2) is 15.9 Å². The minimum atomic E-state index is -0.179. The van der Waals surface area contributed by atoms with Crippen molar-refractivity contribution in [1.29, 1.82) is 0 Å². The van der Waals surface area contributed by atoms with Crippen molar-refractivity contribution >= 4 is 17.4 Å². The number of benzene rings is 2. The Bertz CT molecular complexity index is 1460. The predicted octanol–water partition coefficient (Wildman–Crippen LogP) is 9.55.